The van der Waals surface area contributed by atoms with Crippen molar-refractivity contribution in [3.63, 3.8) is 0 Å². The fourth-order valence-corrected chi connectivity index (χ4v) is 5.94. The minimum atomic E-state index is -3.81. The van der Waals surface area contributed by atoms with Crippen molar-refractivity contribution in [2.45, 2.75) is 56.0 Å². The molecule has 7 heteroatoms. The maximum Gasteiger partial charge on any atom is 0.208 e. The molecule has 5 nitrogen and oxygen atoms in total. The van der Waals surface area contributed by atoms with E-state index in [-0.39, 0.29) is 21.4 Å². The standard InChI is InChI=1S/C25H32FN3O2S/c1-18(2)29-17-24(22-15-19(26)9-10-23(22)29)32(30,31)21-8-6-7-20(16-21)27-11-13-28(14-12-27)25(3,4)5/h6-10,15-18H,11-14H2,1-5H3. The minimum Gasteiger partial charge on any atom is -0.369 e. The SMILES string of the molecule is CC(C)n1cc(S(=O)(=O)c2cccc(N3CCN(C(C)(C)C)CC3)c2)c2cc(F)ccc21. The molecule has 0 radical (unpaired) electrons. The molecule has 32 heavy (non-hydrogen) atoms. The average molecular weight is 458 g/mol. The number of aromatic nitrogens is 1. The van der Waals surface area contributed by atoms with Gasteiger partial charge in [0.2, 0.25) is 9.84 Å². The van der Waals surface area contributed by atoms with Gasteiger partial charge in [0, 0.05) is 60.5 Å². The zero-order valence-corrected chi connectivity index (χ0v) is 20.3. The number of rotatable bonds is 4. The third kappa shape index (κ3) is 4.16. The van der Waals surface area contributed by atoms with E-state index in [2.05, 4.69) is 30.6 Å². The maximum absolute atomic E-state index is 14.0. The lowest BCUT2D eigenvalue weighted by atomic mass is 10.0. The molecule has 1 fully saturated rings. The van der Waals surface area contributed by atoms with Crippen molar-refractivity contribution in [2.24, 2.45) is 0 Å². The van der Waals surface area contributed by atoms with E-state index in [4.69, 9.17) is 0 Å². The maximum atomic E-state index is 14.0. The molecule has 1 aromatic heterocycles. The molecule has 2 aromatic carbocycles. The quantitative estimate of drug-likeness (QED) is 0.546. The Labute approximate surface area is 190 Å². The number of hydrogen-bond donors (Lipinski definition) is 0. The number of piperazine rings is 1. The number of nitrogens with zero attached hydrogens (tertiary/aromatic N) is 3. The molecule has 0 spiro atoms. The minimum absolute atomic E-state index is 0.0531. The molecule has 1 saturated heterocycles. The fourth-order valence-electron chi connectivity index (χ4n) is 4.45. The van der Waals surface area contributed by atoms with Gasteiger partial charge in [0.05, 0.1) is 9.79 Å². The van der Waals surface area contributed by atoms with Gasteiger partial charge >= 0.3 is 0 Å². The zero-order valence-electron chi connectivity index (χ0n) is 19.5. The Morgan fingerprint density at radius 1 is 0.969 bits per heavy atom. The zero-order chi connectivity index (χ0) is 23.3. The second kappa shape index (κ2) is 8.19. The molecule has 0 aliphatic carbocycles. The van der Waals surface area contributed by atoms with Crippen LogP contribution in [0, 0.1) is 5.82 Å². The number of benzene rings is 2. The van der Waals surface area contributed by atoms with E-state index >= 15 is 0 Å². The van der Waals surface area contributed by atoms with Gasteiger partial charge in [-0.1, -0.05) is 6.07 Å². The lowest BCUT2D eigenvalue weighted by Crippen LogP contribution is -2.53. The molecule has 1 aliphatic rings. The van der Waals surface area contributed by atoms with Crippen molar-refractivity contribution in [3.05, 3.63) is 54.5 Å². The van der Waals surface area contributed by atoms with E-state index in [1.807, 2.05) is 24.5 Å². The summed E-state index contributed by atoms with van der Waals surface area (Å²) in [6, 6.07) is 11.5. The van der Waals surface area contributed by atoms with Crippen LogP contribution in [-0.4, -0.2) is 49.6 Å². The summed E-state index contributed by atoms with van der Waals surface area (Å²) in [5, 5.41) is 0.419. The largest absolute Gasteiger partial charge is 0.369 e. The van der Waals surface area contributed by atoms with Crippen molar-refractivity contribution >= 4 is 26.4 Å². The van der Waals surface area contributed by atoms with Gasteiger partial charge in [-0.15, -0.1) is 0 Å². The molecular weight excluding hydrogens is 425 g/mol. The summed E-state index contributed by atoms with van der Waals surface area (Å²) in [7, 11) is -3.81. The molecule has 2 heterocycles. The third-order valence-corrected chi connectivity index (χ3v) is 8.10. The lowest BCUT2D eigenvalue weighted by molar-refractivity contribution is 0.128. The molecule has 0 N–H and O–H groups in total. The van der Waals surface area contributed by atoms with Crippen molar-refractivity contribution in [1.82, 2.24) is 9.47 Å². The van der Waals surface area contributed by atoms with E-state index in [0.717, 1.165) is 37.4 Å². The second-order valence-electron chi connectivity index (χ2n) is 9.80. The molecule has 0 atom stereocenters. The highest BCUT2D eigenvalue weighted by molar-refractivity contribution is 7.91. The van der Waals surface area contributed by atoms with Gasteiger partial charge in [0.25, 0.3) is 0 Å². The Morgan fingerprint density at radius 2 is 1.66 bits per heavy atom. The molecule has 0 saturated carbocycles. The summed E-state index contributed by atoms with van der Waals surface area (Å²) in [5.41, 5.74) is 1.74. The summed E-state index contributed by atoms with van der Waals surface area (Å²) >= 11 is 0. The van der Waals surface area contributed by atoms with Crippen molar-refractivity contribution in [1.29, 1.82) is 0 Å². The predicted molar refractivity (Wildman–Crippen MR) is 128 cm³/mol. The Balaban J connectivity index is 1.70. The highest BCUT2D eigenvalue weighted by atomic mass is 32.2. The number of anilines is 1. The van der Waals surface area contributed by atoms with E-state index in [9.17, 15) is 12.8 Å². The Hall–Kier alpha value is -2.38. The van der Waals surface area contributed by atoms with Crippen LogP contribution in [0.3, 0.4) is 0 Å². The van der Waals surface area contributed by atoms with Crippen LogP contribution in [0.25, 0.3) is 10.9 Å². The fraction of sp³-hybridized carbons (Fsp3) is 0.440. The molecule has 172 valence electrons. The predicted octanol–water partition coefficient (Wildman–Crippen LogP) is 5.11. The van der Waals surface area contributed by atoms with E-state index in [0.29, 0.717) is 5.39 Å². The van der Waals surface area contributed by atoms with Crippen molar-refractivity contribution < 1.29 is 12.8 Å². The van der Waals surface area contributed by atoms with Crippen LogP contribution >= 0.6 is 0 Å². The normalized spacial score (nSPS) is 16.3. The summed E-state index contributed by atoms with van der Waals surface area (Å²) in [5.74, 6) is -0.444. The molecule has 0 unspecified atom stereocenters. The molecule has 3 aromatic rings. The van der Waals surface area contributed by atoms with Gasteiger partial charge in [-0.2, -0.15) is 0 Å². The first-order valence-electron chi connectivity index (χ1n) is 11.1. The number of fused-ring (bicyclic) bond motifs is 1. The van der Waals surface area contributed by atoms with E-state index in [1.54, 1.807) is 30.5 Å². The average Bonchev–Trinajstić information content (AvgIpc) is 3.13. The van der Waals surface area contributed by atoms with Gasteiger partial charge in [0.15, 0.2) is 0 Å². The van der Waals surface area contributed by atoms with Crippen molar-refractivity contribution in [3.8, 4) is 0 Å². The van der Waals surface area contributed by atoms with Crippen LogP contribution in [0.1, 0.15) is 40.7 Å². The summed E-state index contributed by atoms with van der Waals surface area (Å²) in [6.07, 6.45) is 1.64. The summed E-state index contributed by atoms with van der Waals surface area (Å²) < 4.78 is 43.2. The monoisotopic (exact) mass is 457 g/mol. The Bertz CT molecular complexity index is 1230. The first-order valence-corrected chi connectivity index (χ1v) is 12.6. The molecular formula is C25H32FN3O2S. The van der Waals surface area contributed by atoms with Crippen LogP contribution < -0.4 is 4.90 Å². The van der Waals surface area contributed by atoms with E-state index in [1.165, 1.54) is 12.1 Å². The highest BCUT2D eigenvalue weighted by Crippen LogP contribution is 2.34. The van der Waals surface area contributed by atoms with Crippen molar-refractivity contribution in [2.75, 3.05) is 31.1 Å². The van der Waals surface area contributed by atoms with Gasteiger partial charge < -0.3 is 9.47 Å². The first-order chi connectivity index (χ1) is 15.0. The van der Waals surface area contributed by atoms with Gasteiger partial charge in [0.1, 0.15) is 5.82 Å². The second-order valence-corrected chi connectivity index (χ2v) is 11.7. The van der Waals surface area contributed by atoms with Gasteiger partial charge in [-0.25, -0.2) is 12.8 Å². The number of halogens is 1. The third-order valence-electron chi connectivity index (χ3n) is 6.33. The number of sulfone groups is 1. The molecule has 0 amide bonds. The highest BCUT2D eigenvalue weighted by Gasteiger charge is 2.28. The van der Waals surface area contributed by atoms with Crippen LogP contribution in [0.2, 0.25) is 0 Å². The van der Waals surface area contributed by atoms with Crippen LogP contribution in [0.5, 0.6) is 0 Å². The Kier molecular flexibility index (Phi) is 5.84. The number of hydrogen-bond acceptors (Lipinski definition) is 4. The Morgan fingerprint density at radius 3 is 2.28 bits per heavy atom. The van der Waals surface area contributed by atoms with Gasteiger partial charge in [-0.05, 0) is 71.0 Å². The molecule has 0 bridgehead atoms. The smallest absolute Gasteiger partial charge is 0.208 e. The van der Waals surface area contributed by atoms with Gasteiger partial charge in [-0.3, -0.25) is 4.90 Å². The van der Waals surface area contributed by atoms with E-state index < -0.39 is 15.7 Å². The van der Waals surface area contributed by atoms with Crippen LogP contribution in [-0.2, 0) is 9.84 Å². The summed E-state index contributed by atoms with van der Waals surface area (Å²) in [4.78, 5) is 5.06. The topological polar surface area (TPSA) is 45.6 Å². The van der Waals surface area contributed by atoms with Crippen LogP contribution in [0.15, 0.2) is 58.5 Å². The lowest BCUT2D eigenvalue weighted by Gasteiger charge is -2.43. The summed E-state index contributed by atoms with van der Waals surface area (Å²) in [6.45, 7) is 14.2. The first kappa shape index (κ1) is 22.8. The molecule has 1 aliphatic heterocycles. The van der Waals surface area contributed by atoms with Crippen LogP contribution in [0.4, 0.5) is 10.1 Å². The molecule has 4 rings (SSSR count).